The quantitative estimate of drug-likeness (QED) is 0.569. The number of carbonyl (C=O) groups excluding carboxylic acids is 2. The minimum atomic E-state index is -1.04. The summed E-state index contributed by atoms with van der Waals surface area (Å²) in [6, 6.07) is 4.03. The second kappa shape index (κ2) is 9.70. The molecule has 25 heavy (non-hydrogen) atoms. The van der Waals surface area contributed by atoms with Crippen molar-refractivity contribution in [3.05, 3.63) is 30.1 Å². The van der Waals surface area contributed by atoms with Crippen LogP contribution in [0.4, 0.5) is 0 Å². The Labute approximate surface area is 172 Å². The first-order valence-corrected chi connectivity index (χ1v) is 8.76. The molecular weight excluding hydrogens is 327 g/mol. The van der Waals surface area contributed by atoms with Crippen molar-refractivity contribution in [1.82, 2.24) is 9.88 Å². The van der Waals surface area contributed by atoms with Crippen LogP contribution in [0.3, 0.4) is 0 Å². The molecule has 0 N–H and O–H groups in total. The van der Waals surface area contributed by atoms with Crippen molar-refractivity contribution >= 4 is 11.9 Å². The number of aliphatic carboxylic acids is 1. The zero-order valence-corrected chi connectivity index (χ0v) is 17.8. The fourth-order valence-corrected chi connectivity index (χ4v) is 3.57. The molecule has 0 bridgehead atoms. The standard InChI is InChI=1S/C19H28N2O3.Na/c1-4-16(21-11-5-6-17(21)22)12-15(13-19(2,3)18(23)24)14-7-9-20-10-8-14;/h7-10,15-16H,4-6,11-13H2,1-3H3,(H,23,24);/q;+1/p-1. The monoisotopic (exact) mass is 354 g/mol. The van der Waals surface area contributed by atoms with E-state index in [-0.39, 0.29) is 47.4 Å². The van der Waals surface area contributed by atoms with Crippen LogP contribution in [-0.2, 0) is 9.59 Å². The van der Waals surface area contributed by atoms with E-state index in [2.05, 4.69) is 11.9 Å². The molecular formula is C19H27N2NaO3. The van der Waals surface area contributed by atoms with E-state index in [4.69, 9.17) is 0 Å². The molecule has 2 rings (SSSR count). The molecule has 0 spiro atoms. The topological polar surface area (TPSA) is 73.3 Å². The summed E-state index contributed by atoms with van der Waals surface area (Å²) in [5, 5.41) is 11.5. The van der Waals surface area contributed by atoms with Crippen LogP contribution in [-0.4, -0.2) is 34.3 Å². The number of nitrogens with zero attached hydrogens (tertiary/aromatic N) is 2. The average Bonchev–Trinajstić information content (AvgIpc) is 2.98. The van der Waals surface area contributed by atoms with Gasteiger partial charge in [-0.15, -0.1) is 0 Å². The first-order valence-electron chi connectivity index (χ1n) is 8.76. The fraction of sp³-hybridized carbons (Fsp3) is 0.632. The van der Waals surface area contributed by atoms with Crippen LogP contribution in [0, 0.1) is 5.41 Å². The van der Waals surface area contributed by atoms with E-state index >= 15 is 0 Å². The van der Waals surface area contributed by atoms with Gasteiger partial charge in [-0.3, -0.25) is 9.78 Å². The largest absolute Gasteiger partial charge is 1.00 e. The third kappa shape index (κ3) is 5.80. The maximum Gasteiger partial charge on any atom is 1.00 e. The molecule has 1 aromatic heterocycles. The summed E-state index contributed by atoms with van der Waals surface area (Å²) in [4.78, 5) is 29.6. The summed E-state index contributed by atoms with van der Waals surface area (Å²) in [7, 11) is 0. The summed E-state index contributed by atoms with van der Waals surface area (Å²) in [6.07, 6.45) is 7.13. The SMILES string of the molecule is CCC(CC(CC(C)(C)C(=O)[O-])c1ccncc1)N1CCCC1=O.[Na+]. The normalized spacial score (nSPS) is 17.1. The smallest absolute Gasteiger partial charge is 0.550 e. The Bertz CT molecular complexity index is 577. The molecule has 0 aliphatic carbocycles. The number of hydrogen-bond donors (Lipinski definition) is 0. The molecule has 2 atom stereocenters. The molecule has 1 amide bonds. The molecule has 1 aliphatic rings. The molecule has 2 unspecified atom stereocenters. The van der Waals surface area contributed by atoms with Crippen molar-refractivity contribution in [3.63, 3.8) is 0 Å². The van der Waals surface area contributed by atoms with Gasteiger partial charge in [0, 0.05) is 42.8 Å². The number of amides is 1. The van der Waals surface area contributed by atoms with Gasteiger partial charge in [-0.25, -0.2) is 0 Å². The van der Waals surface area contributed by atoms with Crippen LogP contribution in [0.1, 0.15) is 64.4 Å². The van der Waals surface area contributed by atoms with Crippen LogP contribution in [0.25, 0.3) is 0 Å². The molecule has 0 aromatic carbocycles. The number of carboxylic acid groups (broad SMARTS) is 1. The Morgan fingerprint density at radius 1 is 1.36 bits per heavy atom. The summed E-state index contributed by atoms with van der Waals surface area (Å²) < 4.78 is 0. The van der Waals surface area contributed by atoms with Gasteiger partial charge in [0.1, 0.15) is 0 Å². The molecule has 1 aliphatic heterocycles. The van der Waals surface area contributed by atoms with Gasteiger partial charge in [0.15, 0.2) is 0 Å². The zero-order chi connectivity index (χ0) is 17.7. The number of rotatable bonds is 8. The van der Waals surface area contributed by atoms with Gasteiger partial charge in [0.25, 0.3) is 0 Å². The van der Waals surface area contributed by atoms with Gasteiger partial charge >= 0.3 is 29.6 Å². The van der Waals surface area contributed by atoms with Crippen molar-refractivity contribution in [2.24, 2.45) is 5.41 Å². The summed E-state index contributed by atoms with van der Waals surface area (Å²) in [5.74, 6) is -0.763. The van der Waals surface area contributed by atoms with Crippen molar-refractivity contribution in [1.29, 1.82) is 0 Å². The molecule has 0 saturated carbocycles. The first-order chi connectivity index (χ1) is 11.3. The third-order valence-corrected chi connectivity index (χ3v) is 5.07. The molecule has 1 fully saturated rings. The van der Waals surface area contributed by atoms with Gasteiger partial charge in [-0.1, -0.05) is 20.8 Å². The predicted octanol–water partition coefficient (Wildman–Crippen LogP) is -0.873. The Morgan fingerprint density at radius 2 is 2.00 bits per heavy atom. The van der Waals surface area contributed by atoms with E-state index in [1.165, 1.54) is 0 Å². The van der Waals surface area contributed by atoms with Crippen molar-refractivity contribution < 1.29 is 44.3 Å². The van der Waals surface area contributed by atoms with Crippen LogP contribution < -0.4 is 34.7 Å². The number of aromatic nitrogens is 1. The average molecular weight is 354 g/mol. The van der Waals surface area contributed by atoms with E-state index in [9.17, 15) is 14.7 Å². The minimum Gasteiger partial charge on any atom is -0.550 e. The van der Waals surface area contributed by atoms with E-state index < -0.39 is 11.4 Å². The molecule has 6 heteroatoms. The Kier molecular flexibility index (Phi) is 8.58. The van der Waals surface area contributed by atoms with Gasteiger partial charge in [0.2, 0.25) is 5.91 Å². The fourth-order valence-electron chi connectivity index (χ4n) is 3.57. The van der Waals surface area contributed by atoms with Crippen LogP contribution in [0.5, 0.6) is 0 Å². The molecule has 1 saturated heterocycles. The Balaban J connectivity index is 0.00000312. The molecule has 0 radical (unpaired) electrons. The Morgan fingerprint density at radius 3 is 2.48 bits per heavy atom. The maximum atomic E-state index is 12.1. The number of carbonyl (C=O) groups is 2. The number of likely N-dealkylation sites (tertiary alicyclic amines) is 1. The molecule has 1 aromatic rings. The summed E-state index contributed by atoms with van der Waals surface area (Å²) >= 11 is 0. The number of carboxylic acids is 1. The predicted molar refractivity (Wildman–Crippen MR) is 90.0 cm³/mol. The van der Waals surface area contributed by atoms with E-state index in [0.29, 0.717) is 12.8 Å². The van der Waals surface area contributed by atoms with Crippen LogP contribution >= 0.6 is 0 Å². The second-order valence-electron chi connectivity index (χ2n) is 7.34. The van der Waals surface area contributed by atoms with E-state index in [1.807, 2.05) is 17.0 Å². The molecule has 5 nitrogen and oxygen atoms in total. The second-order valence-corrected chi connectivity index (χ2v) is 7.34. The van der Waals surface area contributed by atoms with Gasteiger partial charge < -0.3 is 14.8 Å². The molecule has 2 heterocycles. The minimum absolute atomic E-state index is 0. The van der Waals surface area contributed by atoms with Crippen molar-refractivity contribution in [3.8, 4) is 0 Å². The molecule has 132 valence electrons. The maximum absolute atomic E-state index is 12.1. The third-order valence-electron chi connectivity index (χ3n) is 5.07. The van der Waals surface area contributed by atoms with Crippen LogP contribution in [0.15, 0.2) is 24.5 Å². The Hall–Kier alpha value is -0.910. The summed E-state index contributed by atoms with van der Waals surface area (Å²) in [5.41, 5.74) is 0.158. The van der Waals surface area contributed by atoms with E-state index in [0.717, 1.165) is 31.4 Å². The van der Waals surface area contributed by atoms with Crippen molar-refractivity contribution in [2.75, 3.05) is 6.54 Å². The van der Waals surface area contributed by atoms with Gasteiger partial charge in [-0.05, 0) is 49.3 Å². The van der Waals surface area contributed by atoms with Crippen LogP contribution in [0.2, 0.25) is 0 Å². The van der Waals surface area contributed by atoms with Crippen molar-refractivity contribution in [2.45, 2.75) is 64.8 Å². The zero-order valence-electron chi connectivity index (χ0n) is 15.8. The van der Waals surface area contributed by atoms with Gasteiger partial charge in [-0.2, -0.15) is 0 Å². The summed E-state index contributed by atoms with van der Waals surface area (Å²) in [6.45, 7) is 6.31. The number of hydrogen-bond acceptors (Lipinski definition) is 4. The first kappa shape index (κ1) is 22.1. The van der Waals surface area contributed by atoms with E-state index in [1.54, 1.807) is 26.2 Å². The van der Waals surface area contributed by atoms with Gasteiger partial charge in [0.05, 0.1) is 0 Å². The number of pyridine rings is 1.